The lowest BCUT2D eigenvalue weighted by atomic mass is 9.85. The number of rotatable bonds is 5. The third-order valence-electron chi connectivity index (χ3n) is 2.88. The van der Waals surface area contributed by atoms with Crippen molar-refractivity contribution < 1.29 is 23.4 Å². The number of carbonyl (C=O) groups is 1. The molecule has 6 heteroatoms. The van der Waals surface area contributed by atoms with Gasteiger partial charge in [-0.05, 0) is 31.0 Å². The fourth-order valence-corrected chi connectivity index (χ4v) is 1.99. The molecule has 0 saturated carbocycles. The van der Waals surface area contributed by atoms with Gasteiger partial charge in [0, 0.05) is 4.47 Å². The van der Waals surface area contributed by atoms with Crippen LogP contribution in [0.2, 0.25) is 0 Å². The summed E-state index contributed by atoms with van der Waals surface area (Å²) < 4.78 is 33.2. The van der Waals surface area contributed by atoms with Gasteiger partial charge in [-0.2, -0.15) is 8.78 Å². The maximum atomic E-state index is 14.1. The Balaban J connectivity index is 3.22. The summed E-state index contributed by atoms with van der Waals surface area (Å²) in [5, 5.41) is 10.2. The topological polar surface area (TPSA) is 46.5 Å². The minimum Gasteiger partial charge on any atom is -0.461 e. The number of carbonyl (C=O) groups excluding carboxylic acids is 1. The molecule has 0 aliphatic heterocycles. The molecular formula is C13H15BrF2O3. The van der Waals surface area contributed by atoms with Gasteiger partial charge in [-0.1, -0.05) is 35.0 Å². The van der Waals surface area contributed by atoms with Gasteiger partial charge in [-0.15, -0.1) is 0 Å². The smallest absolute Gasteiger partial charge is 0.380 e. The summed E-state index contributed by atoms with van der Waals surface area (Å²) in [5.41, 5.74) is -2.61. The van der Waals surface area contributed by atoms with Gasteiger partial charge in [0.1, 0.15) is 0 Å². The Morgan fingerprint density at radius 2 is 1.84 bits per heavy atom. The molecule has 3 nitrogen and oxygen atoms in total. The Morgan fingerprint density at radius 1 is 1.32 bits per heavy atom. The van der Waals surface area contributed by atoms with Crippen LogP contribution in [0.1, 0.15) is 25.8 Å². The van der Waals surface area contributed by atoms with Gasteiger partial charge in [0.05, 0.1) is 6.61 Å². The Bertz CT molecular complexity index is 448. The first-order chi connectivity index (χ1) is 8.79. The standard InChI is InChI=1S/C13H15BrF2O3/c1-3-12(18,9-5-7-10(14)8-6-9)13(15,16)11(17)19-4-2/h5-8,18H,3-4H2,1-2H3. The number of ether oxygens (including phenoxy) is 1. The summed E-state index contributed by atoms with van der Waals surface area (Å²) in [4.78, 5) is 11.4. The molecule has 1 unspecified atom stereocenters. The van der Waals surface area contributed by atoms with Crippen molar-refractivity contribution in [3.63, 3.8) is 0 Å². The van der Waals surface area contributed by atoms with E-state index >= 15 is 0 Å². The van der Waals surface area contributed by atoms with Gasteiger partial charge >= 0.3 is 11.9 Å². The molecule has 0 bridgehead atoms. The molecule has 1 atom stereocenters. The summed E-state index contributed by atoms with van der Waals surface area (Å²) in [6, 6.07) is 5.75. The zero-order valence-corrected chi connectivity index (χ0v) is 12.2. The summed E-state index contributed by atoms with van der Waals surface area (Å²) in [6.07, 6.45) is -0.319. The molecule has 0 saturated heterocycles. The van der Waals surface area contributed by atoms with E-state index in [2.05, 4.69) is 20.7 Å². The van der Waals surface area contributed by atoms with E-state index in [-0.39, 0.29) is 18.6 Å². The van der Waals surface area contributed by atoms with E-state index in [0.717, 1.165) is 0 Å². The van der Waals surface area contributed by atoms with Gasteiger partial charge < -0.3 is 9.84 Å². The van der Waals surface area contributed by atoms with E-state index in [1.54, 1.807) is 0 Å². The quantitative estimate of drug-likeness (QED) is 0.839. The molecule has 0 heterocycles. The molecule has 1 rings (SSSR count). The van der Waals surface area contributed by atoms with Gasteiger partial charge in [-0.25, -0.2) is 4.79 Å². The molecule has 0 amide bonds. The molecule has 1 aromatic rings. The highest BCUT2D eigenvalue weighted by molar-refractivity contribution is 9.10. The second-order valence-electron chi connectivity index (χ2n) is 4.02. The van der Waals surface area contributed by atoms with Crippen molar-refractivity contribution >= 4 is 21.9 Å². The van der Waals surface area contributed by atoms with Crippen molar-refractivity contribution in [3.8, 4) is 0 Å². The van der Waals surface area contributed by atoms with E-state index in [1.165, 1.54) is 38.1 Å². The molecule has 0 radical (unpaired) electrons. The number of aliphatic hydroxyl groups is 1. The first-order valence-corrected chi connectivity index (χ1v) is 6.62. The lowest BCUT2D eigenvalue weighted by Crippen LogP contribution is -2.51. The largest absolute Gasteiger partial charge is 0.461 e. The van der Waals surface area contributed by atoms with Crippen LogP contribution in [-0.4, -0.2) is 23.6 Å². The van der Waals surface area contributed by atoms with E-state index in [1.807, 2.05) is 0 Å². The normalized spacial score (nSPS) is 14.8. The molecule has 0 fully saturated rings. The minimum atomic E-state index is -4.01. The highest BCUT2D eigenvalue weighted by Gasteiger charge is 2.59. The molecule has 1 aromatic carbocycles. The molecular weight excluding hydrogens is 322 g/mol. The predicted octanol–water partition coefficient (Wildman–Crippen LogP) is 3.25. The number of hydrogen-bond acceptors (Lipinski definition) is 3. The number of benzene rings is 1. The zero-order chi connectivity index (χ0) is 14.7. The van der Waals surface area contributed by atoms with Crippen LogP contribution in [0.5, 0.6) is 0 Å². The van der Waals surface area contributed by atoms with Crippen LogP contribution >= 0.6 is 15.9 Å². The van der Waals surface area contributed by atoms with Crippen LogP contribution < -0.4 is 0 Å². The minimum absolute atomic E-state index is 0.0312. The number of alkyl halides is 2. The van der Waals surface area contributed by atoms with E-state index < -0.39 is 17.5 Å². The Morgan fingerprint density at radius 3 is 2.26 bits per heavy atom. The van der Waals surface area contributed by atoms with E-state index in [4.69, 9.17) is 0 Å². The van der Waals surface area contributed by atoms with Crippen molar-refractivity contribution in [3.05, 3.63) is 34.3 Å². The second kappa shape index (κ2) is 5.96. The molecule has 1 N–H and O–H groups in total. The summed E-state index contributed by atoms with van der Waals surface area (Å²) >= 11 is 3.18. The maximum absolute atomic E-state index is 14.1. The highest BCUT2D eigenvalue weighted by Crippen LogP contribution is 2.41. The fourth-order valence-electron chi connectivity index (χ4n) is 1.72. The van der Waals surface area contributed by atoms with Crippen molar-refractivity contribution in [1.82, 2.24) is 0 Å². The SMILES string of the molecule is CCOC(=O)C(F)(F)C(O)(CC)c1ccc(Br)cc1. The average Bonchev–Trinajstić information content (AvgIpc) is 2.38. The van der Waals surface area contributed by atoms with Crippen molar-refractivity contribution in [1.29, 1.82) is 0 Å². The molecule has 106 valence electrons. The van der Waals surface area contributed by atoms with Gasteiger partial charge in [0.2, 0.25) is 0 Å². The Kier molecular flexibility index (Phi) is 5.04. The second-order valence-corrected chi connectivity index (χ2v) is 4.93. The number of esters is 1. The summed E-state index contributed by atoms with van der Waals surface area (Å²) in [6.45, 7) is 2.64. The molecule has 0 aliphatic carbocycles. The van der Waals surface area contributed by atoms with Gasteiger partial charge in [0.25, 0.3) is 0 Å². The first kappa shape index (κ1) is 16.0. The van der Waals surface area contributed by atoms with Crippen LogP contribution in [-0.2, 0) is 15.1 Å². The molecule has 0 aromatic heterocycles. The van der Waals surface area contributed by atoms with Crippen LogP contribution in [0.4, 0.5) is 8.78 Å². The average molecular weight is 337 g/mol. The Hall–Kier alpha value is -1.01. The van der Waals surface area contributed by atoms with E-state index in [0.29, 0.717) is 4.47 Å². The predicted molar refractivity (Wildman–Crippen MR) is 69.9 cm³/mol. The molecule has 19 heavy (non-hydrogen) atoms. The summed E-state index contributed by atoms with van der Waals surface area (Å²) in [5.74, 6) is -5.73. The molecule has 0 aliphatic rings. The van der Waals surface area contributed by atoms with Crippen LogP contribution in [0, 0.1) is 0 Å². The van der Waals surface area contributed by atoms with E-state index in [9.17, 15) is 18.7 Å². The van der Waals surface area contributed by atoms with Gasteiger partial charge in [0.15, 0.2) is 5.60 Å². The monoisotopic (exact) mass is 336 g/mol. The third-order valence-corrected chi connectivity index (χ3v) is 3.41. The van der Waals surface area contributed by atoms with Crippen molar-refractivity contribution in [2.75, 3.05) is 6.61 Å². The first-order valence-electron chi connectivity index (χ1n) is 5.83. The Labute approximate surface area is 118 Å². The lowest BCUT2D eigenvalue weighted by molar-refractivity contribution is -0.218. The lowest BCUT2D eigenvalue weighted by Gasteiger charge is -2.33. The highest BCUT2D eigenvalue weighted by atomic mass is 79.9. The van der Waals surface area contributed by atoms with Gasteiger partial charge in [-0.3, -0.25) is 0 Å². The van der Waals surface area contributed by atoms with Crippen LogP contribution in [0.25, 0.3) is 0 Å². The van der Waals surface area contributed by atoms with Crippen molar-refractivity contribution in [2.24, 2.45) is 0 Å². The van der Waals surface area contributed by atoms with Crippen LogP contribution in [0.15, 0.2) is 28.7 Å². The fraction of sp³-hybridized carbons (Fsp3) is 0.462. The molecule has 0 spiro atoms. The van der Waals surface area contributed by atoms with Crippen molar-refractivity contribution in [2.45, 2.75) is 31.8 Å². The number of halogens is 3. The maximum Gasteiger partial charge on any atom is 0.380 e. The third kappa shape index (κ3) is 2.95. The number of hydrogen-bond donors (Lipinski definition) is 1. The summed E-state index contributed by atoms with van der Waals surface area (Å²) in [7, 11) is 0. The van der Waals surface area contributed by atoms with Crippen LogP contribution in [0.3, 0.4) is 0 Å². The zero-order valence-electron chi connectivity index (χ0n) is 10.6.